The molecule has 0 aliphatic rings. The molecular formula is C22H22F4N4OS2. The highest BCUT2D eigenvalue weighted by Crippen LogP contribution is 2.43. The van der Waals surface area contributed by atoms with Crippen molar-refractivity contribution in [1.29, 1.82) is 0 Å². The van der Waals surface area contributed by atoms with Gasteiger partial charge in [-0.15, -0.1) is 11.3 Å². The van der Waals surface area contributed by atoms with Crippen LogP contribution in [-0.4, -0.2) is 35.7 Å². The zero-order chi connectivity index (χ0) is 24.5. The number of pyridine rings is 2. The maximum absolute atomic E-state index is 14.4. The molecule has 0 bridgehead atoms. The predicted octanol–water partition coefficient (Wildman–Crippen LogP) is 6.11. The zero-order valence-corrected chi connectivity index (χ0v) is 20.5. The van der Waals surface area contributed by atoms with E-state index < -0.39 is 28.3 Å². The van der Waals surface area contributed by atoms with E-state index in [-0.39, 0.29) is 5.52 Å². The van der Waals surface area contributed by atoms with Gasteiger partial charge < -0.3 is 0 Å². The molecule has 4 aromatic heterocycles. The first-order valence-electron chi connectivity index (χ1n) is 10.2. The largest absolute Gasteiger partial charge is 0.428 e. The molecule has 11 heteroatoms. The van der Waals surface area contributed by atoms with Crippen molar-refractivity contribution in [3.8, 4) is 10.7 Å². The second kappa shape index (κ2) is 7.83. The summed E-state index contributed by atoms with van der Waals surface area (Å²) in [5.41, 5.74) is 0.971. The van der Waals surface area contributed by atoms with Crippen LogP contribution in [0.15, 0.2) is 17.2 Å². The highest BCUT2D eigenvalue weighted by molar-refractivity contribution is 7.85. The number of hydrogen-bond donors (Lipinski definition) is 0. The molecule has 5 nitrogen and oxygen atoms in total. The molecule has 0 saturated carbocycles. The number of halogens is 4. The Hall–Kier alpha value is -2.40. The second-order valence-electron chi connectivity index (χ2n) is 8.09. The summed E-state index contributed by atoms with van der Waals surface area (Å²) in [4.78, 5) is 8.70. The minimum Gasteiger partial charge on any atom is -0.256 e. The van der Waals surface area contributed by atoms with Gasteiger partial charge >= 0.3 is 6.18 Å². The monoisotopic (exact) mass is 498 g/mol. The smallest absolute Gasteiger partial charge is 0.256 e. The Morgan fingerprint density at radius 2 is 1.76 bits per heavy atom. The number of hydrogen-bond acceptors (Lipinski definition) is 5. The van der Waals surface area contributed by atoms with Crippen molar-refractivity contribution < 1.29 is 21.8 Å². The molecule has 0 spiro atoms. The van der Waals surface area contributed by atoms with Crippen LogP contribution >= 0.6 is 11.3 Å². The van der Waals surface area contributed by atoms with Crippen molar-refractivity contribution in [1.82, 2.24) is 19.6 Å². The van der Waals surface area contributed by atoms with Gasteiger partial charge in [-0.3, -0.25) is 9.19 Å². The molecule has 2 unspecified atom stereocenters. The van der Waals surface area contributed by atoms with Gasteiger partial charge in [-0.1, -0.05) is 6.92 Å². The third-order valence-corrected chi connectivity index (χ3v) is 8.54. The van der Waals surface area contributed by atoms with Crippen molar-refractivity contribution in [3.05, 3.63) is 40.3 Å². The number of nitrogens with zero attached hydrogens (tertiary/aromatic N) is 4. The van der Waals surface area contributed by atoms with Crippen LogP contribution in [0.25, 0.3) is 26.4 Å². The third kappa shape index (κ3) is 3.56. The van der Waals surface area contributed by atoms with Crippen LogP contribution in [0.1, 0.15) is 41.9 Å². The van der Waals surface area contributed by atoms with E-state index in [4.69, 9.17) is 5.10 Å². The minimum absolute atomic E-state index is 0.180. The van der Waals surface area contributed by atoms with Gasteiger partial charge in [0.2, 0.25) is 5.67 Å². The number of aryl methyl sites for hydroxylation is 2. The normalized spacial score (nSPS) is 15.3. The molecule has 0 saturated heterocycles. The van der Waals surface area contributed by atoms with Crippen LogP contribution < -0.4 is 0 Å². The molecular weight excluding hydrogens is 476 g/mol. The van der Waals surface area contributed by atoms with Crippen LogP contribution in [0.4, 0.5) is 17.6 Å². The molecule has 2 atom stereocenters. The fourth-order valence-corrected chi connectivity index (χ4v) is 5.77. The Labute approximate surface area is 194 Å². The quantitative estimate of drug-likeness (QED) is 0.318. The number of alkyl halides is 4. The fourth-order valence-electron chi connectivity index (χ4n) is 3.70. The molecule has 4 heterocycles. The van der Waals surface area contributed by atoms with Crippen molar-refractivity contribution in [2.24, 2.45) is 0 Å². The topological polar surface area (TPSA) is 60.2 Å². The second-order valence-corrected chi connectivity index (χ2v) is 10.8. The molecule has 0 fully saturated rings. The van der Waals surface area contributed by atoms with Gasteiger partial charge in [0.15, 0.2) is 0 Å². The maximum atomic E-state index is 14.4. The van der Waals surface area contributed by atoms with Gasteiger partial charge in [-0.25, -0.2) is 13.9 Å². The lowest BCUT2D eigenvalue weighted by molar-refractivity contribution is -0.230. The first kappa shape index (κ1) is 23.7. The van der Waals surface area contributed by atoms with Crippen LogP contribution in [0.5, 0.6) is 0 Å². The summed E-state index contributed by atoms with van der Waals surface area (Å²) in [6, 6.07) is 1.01. The molecule has 0 aliphatic heterocycles. The highest BCUT2D eigenvalue weighted by Gasteiger charge is 2.54. The molecule has 0 aromatic carbocycles. The molecule has 0 radical (unpaired) electrons. The van der Waals surface area contributed by atoms with Crippen LogP contribution in [0.2, 0.25) is 0 Å². The van der Waals surface area contributed by atoms with Gasteiger partial charge in [0.25, 0.3) is 0 Å². The summed E-state index contributed by atoms with van der Waals surface area (Å²) in [5, 5.41) is 5.11. The van der Waals surface area contributed by atoms with Crippen molar-refractivity contribution >= 4 is 37.9 Å². The van der Waals surface area contributed by atoms with Crippen molar-refractivity contribution in [2.45, 2.75) is 58.3 Å². The van der Waals surface area contributed by atoms with E-state index in [1.165, 1.54) is 17.5 Å². The van der Waals surface area contributed by atoms with E-state index in [9.17, 15) is 21.8 Å². The molecule has 4 aromatic rings. The molecule has 0 aliphatic carbocycles. The van der Waals surface area contributed by atoms with E-state index in [1.54, 1.807) is 11.4 Å². The van der Waals surface area contributed by atoms with Crippen molar-refractivity contribution in [3.63, 3.8) is 0 Å². The number of thiazole rings is 1. The first-order chi connectivity index (χ1) is 15.3. The number of fused-ring (bicyclic) bond motifs is 2. The van der Waals surface area contributed by atoms with E-state index in [2.05, 4.69) is 9.97 Å². The summed E-state index contributed by atoms with van der Waals surface area (Å²) in [7, 11) is -1.37. The summed E-state index contributed by atoms with van der Waals surface area (Å²) in [5.74, 6) is 0.363. The average Bonchev–Trinajstić information content (AvgIpc) is 3.36. The minimum atomic E-state index is -5.11. The predicted molar refractivity (Wildman–Crippen MR) is 122 cm³/mol. The van der Waals surface area contributed by atoms with Crippen molar-refractivity contribution in [2.75, 3.05) is 5.75 Å². The molecule has 0 amide bonds. The zero-order valence-electron chi connectivity index (χ0n) is 18.9. The summed E-state index contributed by atoms with van der Waals surface area (Å²) < 4.78 is 69.2. The Bertz CT molecular complexity index is 1440. The molecule has 4 rings (SSSR count). The Morgan fingerprint density at radius 3 is 2.36 bits per heavy atom. The average molecular weight is 499 g/mol. The molecule has 33 heavy (non-hydrogen) atoms. The lowest BCUT2D eigenvalue weighted by Crippen LogP contribution is -2.35. The van der Waals surface area contributed by atoms with Gasteiger partial charge in [-0.2, -0.15) is 18.3 Å². The van der Waals surface area contributed by atoms with Crippen LogP contribution in [0.3, 0.4) is 0 Å². The Morgan fingerprint density at radius 1 is 1.09 bits per heavy atom. The fraction of sp³-hybridized carbons (Fsp3) is 0.409. The Kier molecular flexibility index (Phi) is 5.64. The van der Waals surface area contributed by atoms with Gasteiger partial charge in [0, 0.05) is 17.6 Å². The van der Waals surface area contributed by atoms with Gasteiger partial charge in [0.05, 0.1) is 37.1 Å². The number of rotatable bonds is 4. The van der Waals surface area contributed by atoms with E-state index >= 15 is 0 Å². The Balaban J connectivity index is 1.99. The van der Waals surface area contributed by atoms with E-state index in [1.807, 2.05) is 27.7 Å². The summed E-state index contributed by atoms with van der Waals surface area (Å²) in [6.45, 7) is 10.1. The highest BCUT2D eigenvalue weighted by atomic mass is 32.2. The van der Waals surface area contributed by atoms with Crippen LogP contribution in [0, 0.1) is 27.7 Å². The molecule has 176 valence electrons. The lowest BCUT2D eigenvalue weighted by Gasteiger charge is -2.22. The van der Waals surface area contributed by atoms with Gasteiger partial charge in [-0.05, 0) is 57.4 Å². The lowest BCUT2D eigenvalue weighted by atomic mass is 10.0. The van der Waals surface area contributed by atoms with Gasteiger partial charge in [0.1, 0.15) is 10.7 Å². The molecule has 0 N–H and O–H groups in total. The standard InChI is InChI=1S/C22H22F4N4OS2/c1-7-33(31)19-17(29-30-13(5)11(3)10(2)12(4)18(19)30)20-28-14-8-16(27-9-15(14)32-20)21(6,23)22(24,25)26/h8-9H,7H2,1-6H3. The maximum Gasteiger partial charge on any atom is 0.428 e. The summed E-state index contributed by atoms with van der Waals surface area (Å²) in [6.07, 6.45) is -3.92. The number of aromatic nitrogens is 4. The van der Waals surface area contributed by atoms with E-state index in [0.717, 1.165) is 34.0 Å². The summed E-state index contributed by atoms with van der Waals surface area (Å²) >= 11 is 1.17. The van der Waals surface area contributed by atoms with Crippen LogP contribution in [-0.2, 0) is 16.5 Å². The SMILES string of the molecule is CCS(=O)c1c(-c2nc3cc(C(C)(F)C(F)(F)F)ncc3s2)nn2c(C)c(C)c(C)c(C)c12. The van der Waals surface area contributed by atoms with E-state index in [0.29, 0.717) is 33.0 Å². The first-order valence-corrected chi connectivity index (χ1v) is 12.3. The third-order valence-electron chi connectivity index (χ3n) is 6.16.